The Morgan fingerprint density at radius 3 is 2.86 bits per heavy atom. The van der Waals surface area contributed by atoms with E-state index in [0.717, 1.165) is 38.2 Å². The van der Waals surface area contributed by atoms with Crippen molar-refractivity contribution < 1.29 is 13.9 Å². The van der Waals surface area contributed by atoms with E-state index in [2.05, 4.69) is 40.5 Å². The van der Waals surface area contributed by atoms with Gasteiger partial charge in [0.05, 0.1) is 17.3 Å². The van der Waals surface area contributed by atoms with E-state index in [1.165, 1.54) is 5.56 Å². The molecular formula is C23H28N2O3. The molecule has 5 heteroatoms. The molecule has 148 valence electrons. The number of nitrogens with one attached hydrogen (secondary N) is 1. The first kappa shape index (κ1) is 18.0. The Hall–Kier alpha value is -2.11. The zero-order chi connectivity index (χ0) is 19.3. The van der Waals surface area contributed by atoms with Crippen LogP contribution in [0.15, 0.2) is 40.8 Å². The minimum absolute atomic E-state index is 0.00299. The number of hydrogen-bond acceptors (Lipinski definition) is 4. The molecule has 5 rings (SSSR count). The number of nitrogens with zero attached hydrogens (tertiary/aromatic N) is 1. The van der Waals surface area contributed by atoms with Gasteiger partial charge in [-0.2, -0.15) is 0 Å². The number of rotatable bonds is 5. The van der Waals surface area contributed by atoms with Crippen LogP contribution in [0, 0.1) is 25.7 Å². The highest BCUT2D eigenvalue weighted by Gasteiger charge is 2.62. The lowest BCUT2D eigenvalue weighted by Crippen LogP contribution is -2.41. The third-order valence-corrected chi connectivity index (χ3v) is 6.89. The molecule has 0 radical (unpaired) electrons. The number of hydrogen-bond donors (Lipinski definition) is 1. The number of ether oxygens (including phenoxy) is 1. The van der Waals surface area contributed by atoms with Crippen molar-refractivity contribution in [3.63, 3.8) is 0 Å². The Labute approximate surface area is 166 Å². The Kier molecular flexibility index (Phi) is 4.33. The number of likely N-dealkylation sites (tertiary alicyclic amines) is 1. The summed E-state index contributed by atoms with van der Waals surface area (Å²) in [5.41, 5.74) is 1.99. The summed E-state index contributed by atoms with van der Waals surface area (Å²) in [7, 11) is 0. The fourth-order valence-electron chi connectivity index (χ4n) is 5.68. The van der Waals surface area contributed by atoms with E-state index in [9.17, 15) is 4.79 Å². The van der Waals surface area contributed by atoms with Gasteiger partial charge in [0.2, 0.25) is 0 Å². The second-order valence-electron chi connectivity index (χ2n) is 8.72. The Morgan fingerprint density at radius 1 is 1.29 bits per heavy atom. The zero-order valence-electron chi connectivity index (χ0n) is 16.6. The largest absolute Gasteiger partial charge is 0.466 e. The molecule has 1 spiro atoms. The second-order valence-corrected chi connectivity index (χ2v) is 8.72. The van der Waals surface area contributed by atoms with Crippen LogP contribution in [0.3, 0.4) is 0 Å². The highest BCUT2D eigenvalue weighted by atomic mass is 16.5. The molecule has 0 unspecified atom stereocenters. The topological polar surface area (TPSA) is 54.7 Å². The fraction of sp³-hybridized carbons (Fsp3) is 0.522. The van der Waals surface area contributed by atoms with Gasteiger partial charge in [-0.15, -0.1) is 0 Å². The molecule has 3 aliphatic rings. The lowest BCUT2D eigenvalue weighted by molar-refractivity contribution is 0.00212. The van der Waals surface area contributed by atoms with E-state index < -0.39 is 0 Å². The second kappa shape index (κ2) is 6.75. The number of benzene rings is 1. The Balaban J connectivity index is 1.25. The van der Waals surface area contributed by atoms with Gasteiger partial charge in [-0.05, 0) is 38.3 Å². The van der Waals surface area contributed by atoms with Crippen molar-refractivity contribution in [2.75, 3.05) is 19.6 Å². The summed E-state index contributed by atoms with van der Waals surface area (Å²) in [6.07, 6.45) is 2.55. The standard InChI is InChI=1S/C23H28N2O3/c1-15-10-18(16(2)27-15)22(26)24-11-19-20-13-25(12-17-6-4-3-5-7-17)14-23(20)9-8-21(19)28-23/h3-7,10,19-21H,8-9,11-14H2,1-2H3,(H,24,26)/t19-,20+,21+,23+/m0/s1. The maximum Gasteiger partial charge on any atom is 0.254 e. The van der Waals surface area contributed by atoms with Crippen LogP contribution in [0.2, 0.25) is 0 Å². The molecule has 1 aromatic carbocycles. The van der Waals surface area contributed by atoms with Crippen LogP contribution in [0.4, 0.5) is 0 Å². The van der Waals surface area contributed by atoms with Gasteiger partial charge in [-0.3, -0.25) is 9.69 Å². The zero-order valence-corrected chi connectivity index (χ0v) is 16.6. The molecule has 0 saturated carbocycles. The van der Waals surface area contributed by atoms with Crippen LogP contribution in [0.5, 0.6) is 0 Å². The van der Waals surface area contributed by atoms with Gasteiger partial charge in [0.15, 0.2) is 0 Å². The highest BCUT2D eigenvalue weighted by molar-refractivity contribution is 5.95. The monoisotopic (exact) mass is 380 g/mol. The van der Waals surface area contributed by atoms with Gasteiger partial charge in [0, 0.05) is 38.0 Å². The van der Waals surface area contributed by atoms with Gasteiger partial charge in [0.25, 0.3) is 5.91 Å². The van der Waals surface area contributed by atoms with Crippen molar-refractivity contribution in [3.05, 3.63) is 59.0 Å². The Morgan fingerprint density at radius 2 is 2.11 bits per heavy atom. The average molecular weight is 380 g/mol. The first-order valence-corrected chi connectivity index (χ1v) is 10.3. The molecule has 3 fully saturated rings. The Bertz CT molecular complexity index is 877. The number of carbonyl (C=O) groups excluding carboxylic acids is 1. The van der Waals surface area contributed by atoms with E-state index in [0.29, 0.717) is 29.7 Å². The van der Waals surface area contributed by atoms with Gasteiger partial charge in [-0.1, -0.05) is 30.3 Å². The molecule has 28 heavy (non-hydrogen) atoms. The van der Waals surface area contributed by atoms with E-state index in [4.69, 9.17) is 9.15 Å². The smallest absolute Gasteiger partial charge is 0.254 e. The number of carbonyl (C=O) groups is 1. The van der Waals surface area contributed by atoms with Crippen LogP contribution >= 0.6 is 0 Å². The van der Waals surface area contributed by atoms with Crippen molar-refractivity contribution >= 4 is 5.91 Å². The van der Waals surface area contributed by atoms with Crippen LogP contribution < -0.4 is 5.32 Å². The molecular weight excluding hydrogens is 352 g/mol. The summed E-state index contributed by atoms with van der Waals surface area (Å²) >= 11 is 0. The highest BCUT2D eigenvalue weighted by Crippen LogP contribution is 2.54. The number of furan rings is 1. The van der Waals surface area contributed by atoms with Crippen LogP contribution in [-0.4, -0.2) is 42.1 Å². The van der Waals surface area contributed by atoms with Crippen molar-refractivity contribution in [3.8, 4) is 0 Å². The molecule has 3 saturated heterocycles. The summed E-state index contributed by atoms with van der Waals surface area (Å²) in [4.78, 5) is 15.1. The minimum Gasteiger partial charge on any atom is -0.466 e. The van der Waals surface area contributed by atoms with Crippen LogP contribution in [-0.2, 0) is 11.3 Å². The van der Waals surface area contributed by atoms with Crippen molar-refractivity contribution in [1.29, 1.82) is 0 Å². The number of fused-ring (bicyclic) bond motifs is 1. The predicted octanol–water partition coefficient (Wildman–Crippen LogP) is 3.31. The fourth-order valence-corrected chi connectivity index (χ4v) is 5.68. The molecule has 2 aromatic rings. The maximum atomic E-state index is 12.6. The van der Waals surface area contributed by atoms with E-state index >= 15 is 0 Å². The molecule has 3 aliphatic heterocycles. The van der Waals surface area contributed by atoms with E-state index in [-0.39, 0.29) is 17.6 Å². The average Bonchev–Trinajstić information content (AvgIpc) is 3.40. The third-order valence-electron chi connectivity index (χ3n) is 6.89. The minimum atomic E-state index is -0.0367. The van der Waals surface area contributed by atoms with E-state index in [1.807, 2.05) is 19.9 Å². The lowest BCUT2D eigenvalue weighted by Gasteiger charge is -2.29. The van der Waals surface area contributed by atoms with Crippen molar-refractivity contribution in [2.45, 2.75) is 44.9 Å². The maximum absolute atomic E-state index is 12.6. The summed E-state index contributed by atoms with van der Waals surface area (Å²) in [5, 5.41) is 3.16. The van der Waals surface area contributed by atoms with Crippen molar-refractivity contribution in [1.82, 2.24) is 10.2 Å². The normalized spacial score (nSPS) is 31.3. The SMILES string of the molecule is Cc1cc(C(=O)NC[C@H]2[C@H]3CN(Cc4ccccc4)C[C@]34CC[C@H]2O4)c(C)o1. The molecule has 4 atom stereocenters. The molecule has 1 amide bonds. The summed E-state index contributed by atoms with van der Waals surface area (Å²) in [6, 6.07) is 12.5. The molecule has 1 N–H and O–H groups in total. The van der Waals surface area contributed by atoms with Crippen LogP contribution in [0.25, 0.3) is 0 Å². The molecule has 0 aliphatic carbocycles. The van der Waals surface area contributed by atoms with Gasteiger partial charge in [-0.25, -0.2) is 0 Å². The van der Waals surface area contributed by atoms with Crippen LogP contribution in [0.1, 0.15) is 40.3 Å². The molecule has 1 aromatic heterocycles. The lowest BCUT2D eigenvalue weighted by atomic mass is 9.73. The molecule has 2 bridgehead atoms. The first-order chi connectivity index (χ1) is 13.5. The summed E-state index contributed by atoms with van der Waals surface area (Å²) in [6.45, 7) is 7.43. The van der Waals surface area contributed by atoms with Gasteiger partial charge < -0.3 is 14.5 Å². The van der Waals surface area contributed by atoms with Crippen molar-refractivity contribution in [2.24, 2.45) is 11.8 Å². The number of amides is 1. The van der Waals surface area contributed by atoms with E-state index in [1.54, 1.807) is 0 Å². The first-order valence-electron chi connectivity index (χ1n) is 10.3. The molecule has 4 heterocycles. The third kappa shape index (κ3) is 2.97. The predicted molar refractivity (Wildman–Crippen MR) is 106 cm³/mol. The quantitative estimate of drug-likeness (QED) is 0.865. The molecule has 5 nitrogen and oxygen atoms in total. The summed E-state index contributed by atoms with van der Waals surface area (Å²) in [5.74, 6) is 2.32. The van der Waals surface area contributed by atoms with Gasteiger partial charge >= 0.3 is 0 Å². The summed E-state index contributed by atoms with van der Waals surface area (Å²) < 4.78 is 12.0. The number of aryl methyl sites for hydroxylation is 2. The van der Waals surface area contributed by atoms with Gasteiger partial charge in [0.1, 0.15) is 11.5 Å².